The van der Waals surface area contributed by atoms with Crippen molar-refractivity contribution in [2.24, 2.45) is 0 Å². The summed E-state index contributed by atoms with van der Waals surface area (Å²) in [6.07, 6.45) is 7.71. The second kappa shape index (κ2) is 10.8. The van der Waals surface area contributed by atoms with E-state index in [1.54, 1.807) is 12.3 Å². The van der Waals surface area contributed by atoms with Gasteiger partial charge in [-0.05, 0) is 37.1 Å². The Morgan fingerprint density at radius 1 is 1.05 bits per heavy atom. The molecular weight excluding hydrogens is 487 g/mol. The van der Waals surface area contributed by atoms with Crippen LogP contribution in [0.15, 0.2) is 55.0 Å². The number of hydrogen-bond donors (Lipinski definition) is 3. The van der Waals surface area contributed by atoms with Crippen molar-refractivity contribution >= 4 is 33.8 Å². The molecule has 0 spiro atoms. The highest BCUT2D eigenvalue weighted by molar-refractivity contribution is 6.00. The van der Waals surface area contributed by atoms with Gasteiger partial charge in [0.1, 0.15) is 23.4 Å². The molecule has 0 radical (unpaired) electrons. The van der Waals surface area contributed by atoms with Crippen LogP contribution in [0, 0.1) is 5.82 Å². The zero-order valence-electron chi connectivity index (χ0n) is 20.8. The number of amides is 1. The van der Waals surface area contributed by atoms with Gasteiger partial charge in [0.25, 0.3) is 0 Å². The topological polar surface area (TPSA) is 145 Å². The van der Waals surface area contributed by atoms with Gasteiger partial charge in [0.2, 0.25) is 0 Å². The Balaban J connectivity index is 0.000000540. The molecule has 1 fully saturated rings. The van der Waals surface area contributed by atoms with Gasteiger partial charge in [0.05, 0.1) is 22.8 Å². The van der Waals surface area contributed by atoms with Crippen LogP contribution in [-0.2, 0) is 0 Å². The van der Waals surface area contributed by atoms with Crippen LogP contribution in [-0.4, -0.2) is 48.0 Å². The van der Waals surface area contributed by atoms with Gasteiger partial charge in [0, 0.05) is 24.2 Å². The molecule has 5 aromatic rings. The van der Waals surface area contributed by atoms with Crippen LogP contribution in [0.3, 0.4) is 0 Å². The van der Waals surface area contributed by atoms with E-state index in [-0.39, 0.29) is 11.6 Å². The molecule has 1 aliphatic carbocycles. The number of pyridine rings is 2. The van der Waals surface area contributed by atoms with E-state index in [1.165, 1.54) is 19.8 Å². The van der Waals surface area contributed by atoms with Crippen LogP contribution in [0.1, 0.15) is 38.1 Å². The number of halogens is 1. The maximum atomic E-state index is 15.9. The first-order valence-corrected chi connectivity index (χ1v) is 12.4. The van der Waals surface area contributed by atoms with Gasteiger partial charge in [-0.1, -0.05) is 37.5 Å². The molecule has 0 atom stereocenters. The third-order valence-electron chi connectivity index (χ3n) is 6.64. The number of nitrogen functional groups attached to an aromatic ring is 1. The second-order valence-corrected chi connectivity index (χ2v) is 9.01. The average Bonchev–Trinajstić information content (AvgIpc) is 3.35. The zero-order chi connectivity index (χ0) is 26.6. The highest BCUT2D eigenvalue weighted by atomic mass is 19.1. The summed E-state index contributed by atoms with van der Waals surface area (Å²) in [6.45, 7) is 0. The molecular formula is C27H27FN8O2. The lowest BCUT2D eigenvalue weighted by molar-refractivity contribution is 0.197. The summed E-state index contributed by atoms with van der Waals surface area (Å²) >= 11 is 0. The third-order valence-corrected chi connectivity index (χ3v) is 6.64. The highest BCUT2D eigenvalue weighted by Gasteiger charge is 2.25. The van der Waals surface area contributed by atoms with E-state index >= 15 is 4.39 Å². The molecule has 10 nitrogen and oxygen atoms in total. The van der Waals surface area contributed by atoms with Gasteiger partial charge in [-0.15, -0.1) is 0 Å². The lowest BCUT2D eigenvalue weighted by Gasteiger charge is -2.22. The fraction of sp³-hybridized carbons (Fsp3) is 0.259. The summed E-state index contributed by atoms with van der Waals surface area (Å²) in [7, 11) is 1.35. The average molecular weight is 515 g/mol. The number of fused-ring (bicyclic) bond motifs is 2. The number of rotatable bonds is 3. The van der Waals surface area contributed by atoms with E-state index in [9.17, 15) is 4.79 Å². The summed E-state index contributed by atoms with van der Waals surface area (Å²) in [6, 6.07) is 13.1. The second-order valence-electron chi connectivity index (χ2n) is 9.01. The van der Waals surface area contributed by atoms with Gasteiger partial charge in [-0.2, -0.15) is 5.10 Å². The predicted octanol–water partition coefficient (Wildman–Crippen LogP) is 5.21. The lowest BCUT2D eigenvalue weighted by Crippen LogP contribution is -2.14. The minimum absolute atomic E-state index is 0.224. The maximum absolute atomic E-state index is 15.9. The van der Waals surface area contributed by atoms with Crippen molar-refractivity contribution in [3.63, 3.8) is 0 Å². The van der Waals surface area contributed by atoms with E-state index in [2.05, 4.69) is 19.9 Å². The van der Waals surface area contributed by atoms with Crippen LogP contribution in [0.25, 0.3) is 44.6 Å². The smallest absolute Gasteiger partial charge is 0.404 e. The van der Waals surface area contributed by atoms with Crippen molar-refractivity contribution in [1.82, 2.24) is 35.0 Å². The van der Waals surface area contributed by atoms with Crippen LogP contribution < -0.4 is 11.1 Å². The number of hydrogen-bond acceptors (Lipinski definition) is 7. The van der Waals surface area contributed by atoms with Crippen molar-refractivity contribution in [3.05, 3.63) is 60.8 Å². The molecule has 0 bridgehead atoms. The molecule has 1 saturated carbocycles. The molecule has 1 aromatic carbocycles. The number of nitrogens with one attached hydrogen (secondary N) is 1. The van der Waals surface area contributed by atoms with Gasteiger partial charge in [-0.3, -0.25) is 4.98 Å². The highest BCUT2D eigenvalue weighted by Crippen LogP contribution is 2.38. The quantitative estimate of drug-likeness (QED) is 0.297. The Morgan fingerprint density at radius 2 is 1.82 bits per heavy atom. The van der Waals surface area contributed by atoms with Gasteiger partial charge < -0.3 is 16.2 Å². The van der Waals surface area contributed by atoms with E-state index in [1.807, 2.05) is 46.4 Å². The van der Waals surface area contributed by atoms with Crippen LogP contribution in [0.2, 0.25) is 0 Å². The van der Waals surface area contributed by atoms with Gasteiger partial charge in [0.15, 0.2) is 11.5 Å². The fourth-order valence-electron chi connectivity index (χ4n) is 4.76. The first kappa shape index (κ1) is 25.0. The van der Waals surface area contributed by atoms with E-state index < -0.39 is 11.9 Å². The number of nitrogens with two attached hydrogens (primary N) is 1. The Morgan fingerprint density at radius 3 is 2.53 bits per heavy atom. The SMILES string of the molecule is CNC(=O)O.Nc1ncnc2c1c(-c1ccc3ccc(-c4ccccn4)nc3c1F)nn2C1CCCCC1. The van der Waals surface area contributed by atoms with E-state index in [0.29, 0.717) is 44.9 Å². The molecule has 194 valence electrons. The lowest BCUT2D eigenvalue weighted by atomic mass is 9.96. The molecule has 1 amide bonds. The molecule has 4 N–H and O–H groups in total. The van der Waals surface area contributed by atoms with E-state index in [0.717, 1.165) is 25.7 Å². The standard InChI is InChI=1S/C25H22FN7.C2H5NO2/c26-21-17(11-9-15-10-12-19(31-22(15)21)18-8-4-5-13-28-18)23-20-24(27)29-14-30-25(20)33(32-23)16-6-2-1-3-7-16;1-3-2(4)5/h4-5,8-14,16H,1-3,6-7H2,(H2,27,29,30);3H,1H3,(H,4,5). The fourth-order valence-corrected chi connectivity index (χ4v) is 4.76. The Labute approximate surface area is 217 Å². The molecule has 4 heterocycles. The minimum Gasteiger partial charge on any atom is -0.465 e. The zero-order valence-corrected chi connectivity index (χ0v) is 20.8. The Bertz CT molecular complexity index is 1600. The third kappa shape index (κ3) is 4.82. The van der Waals surface area contributed by atoms with Crippen molar-refractivity contribution in [3.8, 4) is 22.6 Å². The van der Waals surface area contributed by atoms with Crippen LogP contribution in [0.4, 0.5) is 15.0 Å². The van der Waals surface area contributed by atoms with Gasteiger partial charge in [-0.25, -0.2) is 28.8 Å². The molecule has 0 aliphatic heterocycles. The number of nitrogens with zero attached hydrogens (tertiary/aromatic N) is 6. The molecule has 6 rings (SSSR count). The molecule has 1 aliphatic rings. The van der Waals surface area contributed by atoms with E-state index in [4.69, 9.17) is 15.9 Å². The summed E-state index contributed by atoms with van der Waals surface area (Å²) < 4.78 is 17.9. The first-order valence-electron chi connectivity index (χ1n) is 12.4. The Hall–Kier alpha value is -4.67. The molecule has 4 aromatic heterocycles. The molecule has 38 heavy (non-hydrogen) atoms. The van der Waals surface area contributed by atoms with Crippen LogP contribution in [0.5, 0.6) is 0 Å². The normalized spacial score (nSPS) is 13.7. The summed E-state index contributed by atoms with van der Waals surface area (Å²) in [5.74, 6) is -0.143. The Kier molecular flexibility index (Phi) is 7.07. The van der Waals surface area contributed by atoms with Crippen molar-refractivity contribution in [2.75, 3.05) is 12.8 Å². The van der Waals surface area contributed by atoms with Crippen molar-refractivity contribution < 1.29 is 14.3 Å². The minimum atomic E-state index is -0.995. The molecule has 0 unspecified atom stereocenters. The van der Waals surface area contributed by atoms with Crippen LogP contribution >= 0.6 is 0 Å². The number of anilines is 1. The molecule has 0 saturated heterocycles. The number of carbonyl (C=O) groups is 1. The number of benzene rings is 1. The maximum Gasteiger partial charge on any atom is 0.404 e. The number of aromatic nitrogens is 6. The van der Waals surface area contributed by atoms with Gasteiger partial charge >= 0.3 is 6.09 Å². The predicted molar refractivity (Wildman–Crippen MR) is 143 cm³/mol. The summed E-state index contributed by atoms with van der Waals surface area (Å²) in [5.41, 5.74) is 9.27. The number of carboxylic acid groups (broad SMARTS) is 1. The largest absolute Gasteiger partial charge is 0.465 e. The first-order chi connectivity index (χ1) is 18.5. The molecule has 11 heteroatoms. The van der Waals surface area contributed by atoms with Crippen molar-refractivity contribution in [1.29, 1.82) is 0 Å². The van der Waals surface area contributed by atoms with Crippen molar-refractivity contribution in [2.45, 2.75) is 38.1 Å². The summed E-state index contributed by atoms with van der Waals surface area (Å²) in [5, 5.41) is 15.7. The monoisotopic (exact) mass is 514 g/mol. The summed E-state index contributed by atoms with van der Waals surface area (Å²) in [4.78, 5) is 26.8.